The second kappa shape index (κ2) is 8.31. The average Bonchev–Trinajstić information content (AvgIpc) is 2.49. The van der Waals surface area contributed by atoms with Gasteiger partial charge in [-0.1, -0.05) is 12.1 Å². The molecule has 1 aromatic rings. The molecule has 2 rings (SSSR count). The number of amides is 1. The number of rotatable bonds is 6. The molecule has 0 aromatic heterocycles. The zero-order valence-corrected chi connectivity index (χ0v) is 14.7. The summed E-state index contributed by atoms with van der Waals surface area (Å²) in [5.41, 5.74) is 1.08. The van der Waals surface area contributed by atoms with Crippen LogP contribution >= 0.6 is 0 Å². The molecule has 5 heteroatoms. The number of nitrogens with zero attached hydrogens (tertiary/aromatic N) is 2. The van der Waals surface area contributed by atoms with Crippen LogP contribution in [-0.4, -0.2) is 61.1 Å². The Balaban J connectivity index is 1.75. The van der Waals surface area contributed by atoms with Gasteiger partial charge in [-0.3, -0.25) is 9.69 Å². The molecule has 0 aliphatic carbocycles. The molecule has 1 heterocycles. The number of hydrogen-bond donors (Lipinski definition) is 1. The summed E-state index contributed by atoms with van der Waals surface area (Å²) in [7, 11) is 2.13. The molecule has 0 saturated carbocycles. The highest BCUT2D eigenvalue weighted by Gasteiger charge is 2.22. The molecule has 1 N–H and O–H groups in total. The number of carbonyl (C=O) groups is 1. The molecule has 23 heavy (non-hydrogen) atoms. The van der Waals surface area contributed by atoms with Crippen molar-refractivity contribution in [3.05, 3.63) is 29.8 Å². The predicted octanol–water partition coefficient (Wildman–Crippen LogP) is 1.73. The molecular formula is C18H29N3O2. The Morgan fingerprint density at radius 2 is 2.00 bits per heavy atom. The Kier molecular flexibility index (Phi) is 6.42. The van der Waals surface area contributed by atoms with E-state index in [9.17, 15) is 4.79 Å². The first-order valence-electron chi connectivity index (χ1n) is 8.39. The number of piperazine rings is 1. The van der Waals surface area contributed by atoms with Gasteiger partial charge in [0.2, 0.25) is 5.91 Å². The zero-order chi connectivity index (χ0) is 16.8. The number of hydrogen-bond acceptors (Lipinski definition) is 4. The maximum atomic E-state index is 12.1. The van der Waals surface area contributed by atoms with E-state index in [1.807, 2.05) is 38.1 Å². The van der Waals surface area contributed by atoms with Crippen molar-refractivity contribution < 1.29 is 9.53 Å². The van der Waals surface area contributed by atoms with Crippen LogP contribution in [0.4, 0.5) is 0 Å². The van der Waals surface area contributed by atoms with Crippen LogP contribution in [0.15, 0.2) is 24.3 Å². The molecule has 1 saturated heterocycles. The van der Waals surface area contributed by atoms with Gasteiger partial charge in [0.05, 0.1) is 12.6 Å². The highest BCUT2D eigenvalue weighted by Crippen LogP contribution is 2.13. The van der Waals surface area contributed by atoms with E-state index in [0.29, 0.717) is 19.1 Å². The first-order chi connectivity index (χ1) is 10.9. The lowest BCUT2D eigenvalue weighted by atomic mass is 10.2. The van der Waals surface area contributed by atoms with Gasteiger partial charge in [-0.2, -0.15) is 0 Å². The van der Waals surface area contributed by atoms with Gasteiger partial charge in [-0.05, 0) is 45.5 Å². The Morgan fingerprint density at radius 1 is 1.30 bits per heavy atom. The molecule has 1 aliphatic heterocycles. The normalized spacial score (nSPS) is 19.8. The largest absolute Gasteiger partial charge is 0.491 e. The third-order valence-electron chi connectivity index (χ3n) is 4.10. The van der Waals surface area contributed by atoms with Crippen molar-refractivity contribution in [1.29, 1.82) is 0 Å². The van der Waals surface area contributed by atoms with Gasteiger partial charge in [-0.25, -0.2) is 0 Å². The van der Waals surface area contributed by atoms with Crippen LogP contribution in [-0.2, 0) is 11.3 Å². The lowest BCUT2D eigenvalue weighted by molar-refractivity contribution is -0.123. The Bertz CT molecular complexity index is 501. The van der Waals surface area contributed by atoms with E-state index in [4.69, 9.17) is 4.74 Å². The van der Waals surface area contributed by atoms with Gasteiger partial charge in [0.1, 0.15) is 5.75 Å². The number of benzene rings is 1. The van der Waals surface area contributed by atoms with E-state index in [1.54, 1.807) is 0 Å². The minimum absolute atomic E-state index is 0.0870. The summed E-state index contributed by atoms with van der Waals surface area (Å²) in [6, 6.07) is 8.31. The van der Waals surface area contributed by atoms with E-state index >= 15 is 0 Å². The summed E-state index contributed by atoms with van der Waals surface area (Å²) in [6.45, 7) is 10.2. The average molecular weight is 319 g/mol. The fourth-order valence-corrected chi connectivity index (χ4v) is 2.81. The molecule has 1 atom stereocenters. The molecule has 1 aromatic carbocycles. The van der Waals surface area contributed by atoms with E-state index in [-0.39, 0.29) is 12.0 Å². The maximum Gasteiger partial charge on any atom is 0.234 e. The summed E-state index contributed by atoms with van der Waals surface area (Å²) in [4.78, 5) is 16.7. The minimum Gasteiger partial charge on any atom is -0.491 e. The highest BCUT2D eigenvalue weighted by molar-refractivity contribution is 5.78. The van der Waals surface area contributed by atoms with Crippen molar-refractivity contribution in [3.8, 4) is 5.75 Å². The third-order valence-corrected chi connectivity index (χ3v) is 4.10. The Morgan fingerprint density at radius 3 is 2.61 bits per heavy atom. The second-order valence-electron chi connectivity index (χ2n) is 6.67. The van der Waals surface area contributed by atoms with Crippen molar-refractivity contribution in [2.75, 3.05) is 33.2 Å². The van der Waals surface area contributed by atoms with Gasteiger partial charge < -0.3 is 15.0 Å². The monoisotopic (exact) mass is 319 g/mol. The smallest absolute Gasteiger partial charge is 0.234 e. The molecule has 1 fully saturated rings. The molecule has 1 aliphatic rings. The highest BCUT2D eigenvalue weighted by atomic mass is 16.5. The molecular weight excluding hydrogens is 290 g/mol. The lowest BCUT2D eigenvalue weighted by Crippen LogP contribution is -2.53. The first-order valence-corrected chi connectivity index (χ1v) is 8.39. The molecule has 0 radical (unpaired) electrons. The fourth-order valence-electron chi connectivity index (χ4n) is 2.81. The SMILES string of the molecule is CC(C)Oc1ccc(CNC(=O)CN2CCN(C)CC2C)cc1. The van der Waals surface area contributed by atoms with E-state index in [1.165, 1.54) is 0 Å². The van der Waals surface area contributed by atoms with Crippen LogP contribution in [0.3, 0.4) is 0 Å². The number of nitrogens with one attached hydrogen (secondary N) is 1. The summed E-state index contributed by atoms with van der Waals surface area (Å²) in [5.74, 6) is 0.949. The van der Waals surface area contributed by atoms with Crippen molar-refractivity contribution in [2.24, 2.45) is 0 Å². The van der Waals surface area contributed by atoms with Gasteiger partial charge in [-0.15, -0.1) is 0 Å². The second-order valence-corrected chi connectivity index (χ2v) is 6.67. The van der Waals surface area contributed by atoms with E-state index < -0.39 is 0 Å². The number of likely N-dealkylation sites (N-methyl/N-ethyl adjacent to an activating group) is 1. The van der Waals surface area contributed by atoms with Gasteiger partial charge >= 0.3 is 0 Å². The first kappa shape index (κ1) is 17.8. The maximum absolute atomic E-state index is 12.1. The number of ether oxygens (including phenoxy) is 1. The third kappa shape index (κ3) is 5.84. The van der Waals surface area contributed by atoms with Gasteiger partial charge in [0, 0.05) is 32.2 Å². The summed E-state index contributed by atoms with van der Waals surface area (Å²) < 4.78 is 5.62. The molecule has 1 amide bonds. The van der Waals surface area contributed by atoms with Crippen molar-refractivity contribution in [2.45, 2.75) is 39.5 Å². The predicted molar refractivity (Wildman–Crippen MR) is 92.6 cm³/mol. The quantitative estimate of drug-likeness (QED) is 0.867. The van der Waals surface area contributed by atoms with Crippen LogP contribution in [0.5, 0.6) is 5.75 Å². The summed E-state index contributed by atoms with van der Waals surface area (Å²) in [6.07, 6.45) is 0.172. The zero-order valence-electron chi connectivity index (χ0n) is 14.7. The molecule has 1 unspecified atom stereocenters. The van der Waals surface area contributed by atoms with Crippen LogP contribution < -0.4 is 10.1 Å². The molecule has 0 bridgehead atoms. The van der Waals surface area contributed by atoms with E-state index in [0.717, 1.165) is 30.9 Å². The molecule has 5 nitrogen and oxygen atoms in total. The van der Waals surface area contributed by atoms with Crippen LogP contribution in [0, 0.1) is 0 Å². The van der Waals surface area contributed by atoms with Gasteiger partial charge in [0.15, 0.2) is 0 Å². The van der Waals surface area contributed by atoms with Crippen LogP contribution in [0.1, 0.15) is 26.3 Å². The summed E-state index contributed by atoms with van der Waals surface area (Å²) >= 11 is 0. The van der Waals surface area contributed by atoms with Crippen molar-refractivity contribution in [3.63, 3.8) is 0 Å². The lowest BCUT2D eigenvalue weighted by Gasteiger charge is -2.37. The fraction of sp³-hybridized carbons (Fsp3) is 0.611. The topological polar surface area (TPSA) is 44.8 Å². The molecule has 0 spiro atoms. The van der Waals surface area contributed by atoms with Crippen LogP contribution in [0.2, 0.25) is 0 Å². The molecule has 128 valence electrons. The van der Waals surface area contributed by atoms with Crippen molar-refractivity contribution in [1.82, 2.24) is 15.1 Å². The van der Waals surface area contributed by atoms with Crippen molar-refractivity contribution >= 4 is 5.91 Å². The minimum atomic E-state index is 0.0870. The van der Waals surface area contributed by atoms with Crippen LogP contribution in [0.25, 0.3) is 0 Å². The number of carbonyl (C=O) groups excluding carboxylic acids is 1. The summed E-state index contributed by atoms with van der Waals surface area (Å²) in [5, 5.41) is 3.00. The standard InChI is InChI=1S/C18H29N3O2/c1-14(2)23-17-7-5-16(6-8-17)11-19-18(22)13-21-10-9-20(4)12-15(21)3/h5-8,14-15H,9-13H2,1-4H3,(H,19,22). The van der Waals surface area contributed by atoms with Gasteiger partial charge in [0.25, 0.3) is 0 Å². The Hall–Kier alpha value is -1.59. The Labute approximate surface area is 139 Å². The van der Waals surface area contributed by atoms with E-state index in [2.05, 4.69) is 29.1 Å².